The highest BCUT2D eigenvalue weighted by atomic mass is 79.9. The standard InChI is InChI=1S/C12H13BrClNO3/c1-3-10(12(17)18)15(2)11(16)8-5-4-7(13)6-9(8)14/h4-6,10H,3H2,1-2H3,(H,17,18). The van der Waals surface area contributed by atoms with E-state index >= 15 is 0 Å². The van der Waals surface area contributed by atoms with Gasteiger partial charge in [-0.2, -0.15) is 0 Å². The molecule has 1 atom stereocenters. The maximum absolute atomic E-state index is 12.1. The van der Waals surface area contributed by atoms with Crippen molar-refractivity contribution in [3.8, 4) is 0 Å². The van der Waals surface area contributed by atoms with Gasteiger partial charge in [0.15, 0.2) is 0 Å². The molecule has 0 bridgehead atoms. The van der Waals surface area contributed by atoms with Gasteiger partial charge < -0.3 is 10.0 Å². The number of hydrogen-bond donors (Lipinski definition) is 1. The minimum Gasteiger partial charge on any atom is -0.480 e. The SMILES string of the molecule is CCC(C(=O)O)N(C)C(=O)c1ccc(Br)cc1Cl. The average molecular weight is 335 g/mol. The van der Waals surface area contributed by atoms with E-state index in [1.165, 1.54) is 11.9 Å². The second kappa shape index (κ2) is 6.20. The number of carboxylic acid groups (broad SMARTS) is 1. The van der Waals surface area contributed by atoms with E-state index in [1.807, 2.05) is 0 Å². The molecule has 1 N–H and O–H groups in total. The van der Waals surface area contributed by atoms with Gasteiger partial charge in [0.1, 0.15) is 6.04 Å². The Hall–Kier alpha value is -1.07. The first-order valence-electron chi connectivity index (χ1n) is 5.33. The number of carbonyl (C=O) groups is 2. The van der Waals surface area contributed by atoms with Gasteiger partial charge in [0, 0.05) is 11.5 Å². The summed E-state index contributed by atoms with van der Waals surface area (Å²) < 4.78 is 0.761. The summed E-state index contributed by atoms with van der Waals surface area (Å²) in [7, 11) is 1.46. The summed E-state index contributed by atoms with van der Waals surface area (Å²) in [5, 5.41) is 9.31. The Morgan fingerprint density at radius 2 is 2.11 bits per heavy atom. The van der Waals surface area contributed by atoms with Crippen LogP contribution in [0, 0.1) is 0 Å². The van der Waals surface area contributed by atoms with Crippen LogP contribution < -0.4 is 0 Å². The molecular weight excluding hydrogens is 321 g/mol. The summed E-state index contributed by atoms with van der Waals surface area (Å²) in [6.45, 7) is 1.71. The summed E-state index contributed by atoms with van der Waals surface area (Å²) in [6.07, 6.45) is 0.339. The summed E-state index contributed by atoms with van der Waals surface area (Å²) >= 11 is 9.22. The zero-order chi connectivity index (χ0) is 13.9. The van der Waals surface area contributed by atoms with Crippen LogP contribution in [0.1, 0.15) is 23.7 Å². The molecule has 0 aliphatic rings. The van der Waals surface area contributed by atoms with Crippen LogP contribution in [0.15, 0.2) is 22.7 Å². The van der Waals surface area contributed by atoms with Crippen molar-refractivity contribution >= 4 is 39.4 Å². The van der Waals surface area contributed by atoms with Crippen molar-refractivity contribution in [3.63, 3.8) is 0 Å². The Bertz CT molecular complexity index is 478. The molecule has 0 spiro atoms. The van der Waals surface area contributed by atoms with Crippen LogP contribution >= 0.6 is 27.5 Å². The van der Waals surface area contributed by atoms with E-state index in [0.29, 0.717) is 17.0 Å². The largest absolute Gasteiger partial charge is 0.480 e. The van der Waals surface area contributed by atoms with Crippen molar-refractivity contribution in [3.05, 3.63) is 33.3 Å². The fraction of sp³-hybridized carbons (Fsp3) is 0.333. The van der Waals surface area contributed by atoms with E-state index in [1.54, 1.807) is 25.1 Å². The highest BCUT2D eigenvalue weighted by molar-refractivity contribution is 9.10. The predicted molar refractivity (Wildman–Crippen MR) is 73.0 cm³/mol. The number of benzene rings is 1. The van der Waals surface area contributed by atoms with E-state index in [9.17, 15) is 9.59 Å². The first kappa shape index (κ1) is 15.0. The molecule has 4 nitrogen and oxygen atoms in total. The smallest absolute Gasteiger partial charge is 0.326 e. The molecule has 1 unspecified atom stereocenters. The Morgan fingerprint density at radius 1 is 1.50 bits per heavy atom. The average Bonchev–Trinajstić information content (AvgIpc) is 2.28. The lowest BCUT2D eigenvalue weighted by atomic mass is 10.1. The highest BCUT2D eigenvalue weighted by Crippen LogP contribution is 2.23. The first-order valence-corrected chi connectivity index (χ1v) is 6.50. The van der Waals surface area contributed by atoms with Gasteiger partial charge >= 0.3 is 5.97 Å². The molecule has 0 aliphatic carbocycles. The van der Waals surface area contributed by atoms with Crippen molar-refractivity contribution < 1.29 is 14.7 Å². The molecule has 0 radical (unpaired) electrons. The monoisotopic (exact) mass is 333 g/mol. The lowest BCUT2D eigenvalue weighted by molar-refractivity contribution is -0.142. The zero-order valence-corrected chi connectivity index (χ0v) is 12.3. The number of halogens is 2. The van der Waals surface area contributed by atoms with E-state index in [2.05, 4.69) is 15.9 Å². The molecule has 0 heterocycles. The number of rotatable bonds is 4. The predicted octanol–water partition coefficient (Wildman–Crippen LogP) is 3.04. The number of carboxylic acids is 1. The molecule has 0 aromatic heterocycles. The van der Waals surface area contributed by atoms with Gasteiger partial charge in [-0.1, -0.05) is 34.5 Å². The first-order chi connectivity index (χ1) is 8.38. The number of carbonyl (C=O) groups excluding carboxylic acids is 1. The van der Waals surface area contributed by atoms with E-state index in [4.69, 9.17) is 16.7 Å². The Labute approximate surface area is 119 Å². The summed E-state index contributed by atoms with van der Waals surface area (Å²) in [6, 6.07) is 4.01. The summed E-state index contributed by atoms with van der Waals surface area (Å²) in [4.78, 5) is 24.3. The van der Waals surface area contributed by atoms with E-state index in [-0.39, 0.29) is 0 Å². The Kier molecular flexibility index (Phi) is 5.16. The molecule has 1 aromatic carbocycles. The second-order valence-corrected chi connectivity index (χ2v) is 5.13. The number of aliphatic carboxylic acids is 1. The third kappa shape index (κ3) is 3.23. The van der Waals surface area contributed by atoms with Gasteiger partial charge in [0.2, 0.25) is 0 Å². The van der Waals surface area contributed by atoms with Crippen LogP contribution in [-0.4, -0.2) is 35.0 Å². The van der Waals surface area contributed by atoms with Gasteiger partial charge in [-0.25, -0.2) is 4.79 Å². The van der Waals surface area contributed by atoms with Crippen molar-refractivity contribution in [2.24, 2.45) is 0 Å². The number of likely N-dealkylation sites (N-methyl/N-ethyl adjacent to an activating group) is 1. The number of nitrogens with zero attached hydrogens (tertiary/aromatic N) is 1. The maximum Gasteiger partial charge on any atom is 0.326 e. The summed E-state index contributed by atoms with van der Waals surface area (Å²) in [5.74, 6) is -1.43. The van der Waals surface area contributed by atoms with Gasteiger partial charge in [-0.15, -0.1) is 0 Å². The Balaban J connectivity index is 3.02. The molecule has 1 amide bonds. The topological polar surface area (TPSA) is 57.6 Å². The van der Waals surface area contributed by atoms with Crippen molar-refractivity contribution in [2.75, 3.05) is 7.05 Å². The fourth-order valence-corrected chi connectivity index (χ4v) is 2.36. The molecule has 1 aromatic rings. The third-order valence-corrected chi connectivity index (χ3v) is 3.43. The molecule has 1 rings (SSSR count). The van der Waals surface area contributed by atoms with E-state index < -0.39 is 17.9 Å². The third-order valence-electron chi connectivity index (χ3n) is 2.62. The quantitative estimate of drug-likeness (QED) is 0.921. The minimum atomic E-state index is -1.03. The molecule has 0 saturated heterocycles. The van der Waals surface area contributed by atoms with Crippen molar-refractivity contribution in [2.45, 2.75) is 19.4 Å². The molecule has 18 heavy (non-hydrogen) atoms. The maximum atomic E-state index is 12.1. The summed E-state index contributed by atoms with van der Waals surface area (Å²) in [5.41, 5.74) is 0.294. The molecule has 0 saturated carbocycles. The normalized spacial score (nSPS) is 12.0. The second-order valence-electron chi connectivity index (χ2n) is 3.80. The molecule has 98 valence electrons. The number of amides is 1. The van der Waals surface area contributed by atoms with Gasteiger partial charge in [-0.3, -0.25) is 4.79 Å². The zero-order valence-electron chi connectivity index (χ0n) is 9.98. The van der Waals surface area contributed by atoms with Gasteiger partial charge in [0.25, 0.3) is 5.91 Å². The molecule has 0 fully saturated rings. The van der Waals surface area contributed by atoms with Gasteiger partial charge in [-0.05, 0) is 24.6 Å². The highest BCUT2D eigenvalue weighted by Gasteiger charge is 2.26. The number of hydrogen-bond acceptors (Lipinski definition) is 2. The van der Waals surface area contributed by atoms with Crippen molar-refractivity contribution in [1.29, 1.82) is 0 Å². The van der Waals surface area contributed by atoms with Gasteiger partial charge in [0.05, 0.1) is 10.6 Å². The van der Waals surface area contributed by atoms with Crippen LogP contribution in [0.5, 0.6) is 0 Å². The molecule has 0 aliphatic heterocycles. The van der Waals surface area contributed by atoms with Crippen LogP contribution in [0.3, 0.4) is 0 Å². The molecular formula is C12H13BrClNO3. The van der Waals surface area contributed by atoms with Crippen LogP contribution in [0.2, 0.25) is 5.02 Å². The lowest BCUT2D eigenvalue weighted by Crippen LogP contribution is -2.42. The van der Waals surface area contributed by atoms with Crippen LogP contribution in [-0.2, 0) is 4.79 Å². The van der Waals surface area contributed by atoms with E-state index in [0.717, 1.165) is 4.47 Å². The van der Waals surface area contributed by atoms with Crippen molar-refractivity contribution in [1.82, 2.24) is 4.90 Å². The lowest BCUT2D eigenvalue weighted by Gasteiger charge is -2.24. The minimum absolute atomic E-state index is 0.293. The fourth-order valence-electron chi connectivity index (χ4n) is 1.61. The van der Waals surface area contributed by atoms with Crippen LogP contribution in [0.4, 0.5) is 0 Å². The Morgan fingerprint density at radius 3 is 2.56 bits per heavy atom. The van der Waals surface area contributed by atoms with Crippen LogP contribution in [0.25, 0.3) is 0 Å². The molecule has 6 heteroatoms.